The molecule has 0 aliphatic carbocycles. The van der Waals surface area contributed by atoms with E-state index in [2.05, 4.69) is 20.8 Å². The van der Waals surface area contributed by atoms with Crippen molar-refractivity contribution in [3.63, 3.8) is 0 Å². The standard InChI is InChI=1S/C21H20ClN5O4S/c1-12(23-19(29)13-3-7-15(22)8-4-13)18-25-26-21(27(18)2)32-11-17(28)24-16-9-5-14(6-10-16)20(30)31/h3-10,12H,11H2,1-2H3,(H,23,29)(H,24,28)(H,30,31). The molecule has 0 saturated carbocycles. The largest absolute Gasteiger partial charge is 0.478 e. The summed E-state index contributed by atoms with van der Waals surface area (Å²) < 4.78 is 1.71. The third-order valence-corrected chi connectivity index (χ3v) is 5.73. The van der Waals surface area contributed by atoms with Gasteiger partial charge in [-0.2, -0.15) is 0 Å². The number of hydrogen-bond donors (Lipinski definition) is 3. The molecule has 0 aliphatic heterocycles. The molecule has 1 aromatic heterocycles. The molecule has 0 bridgehead atoms. The molecule has 0 saturated heterocycles. The van der Waals surface area contributed by atoms with Crippen LogP contribution in [0.15, 0.2) is 53.7 Å². The van der Waals surface area contributed by atoms with Crippen molar-refractivity contribution < 1.29 is 19.5 Å². The molecule has 3 rings (SSSR count). The SMILES string of the molecule is CC(NC(=O)c1ccc(Cl)cc1)c1nnc(SCC(=O)Nc2ccc(C(=O)O)cc2)n1C. The van der Waals surface area contributed by atoms with Crippen LogP contribution in [0.4, 0.5) is 5.69 Å². The molecule has 32 heavy (non-hydrogen) atoms. The number of thioether (sulfide) groups is 1. The number of carboxylic acids is 1. The fraction of sp³-hybridized carbons (Fsp3) is 0.190. The maximum Gasteiger partial charge on any atom is 0.335 e. The third kappa shape index (κ3) is 5.86. The van der Waals surface area contributed by atoms with Gasteiger partial charge >= 0.3 is 5.97 Å². The Labute approximate surface area is 193 Å². The molecule has 2 aromatic carbocycles. The number of nitrogens with zero attached hydrogens (tertiary/aromatic N) is 3. The van der Waals surface area contributed by atoms with Gasteiger partial charge in [-0.15, -0.1) is 10.2 Å². The van der Waals surface area contributed by atoms with Crippen molar-refractivity contribution in [2.75, 3.05) is 11.1 Å². The number of halogens is 1. The zero-order valence-corrected chi connectivity index (χ0v) is 18.8. The van der Waals surface area contributed by atoms with Crippen LogP contribution >= 0.6 is 23.4 Å². The number of nitrogens with one attached hydrogen (secondary N) is 2. The van der Waals surface area contributed by atoms with Crippen LogP contribution in [0.5, 0.6) is 0 Å². The van der Waals surface area contributed by atoms with Gasteiger partial charge in [-0.3, -0.25) is 9.59 Å². The van der Waals surface area contributed by atoms with E-state index in [1.54, 1.807) is 42.8 Å². The molecule has 0 radical (unpaired) electrons. The lowest BCUT2D eigenvalue weighted by Gasteiger charge is -2.13. The highest BCUT2D eigenvalue weighted by Gasteiger charge is 2.19. The Hall–Kier alpha value is -3.37. The minimum absolute atomic E-state index is 0.0815. The summed E-state index contributed by atoms with van der Waals surface area (Å²) in [4.78, 5) is 35.5. The molecule has 3 aromatic rings. The molecule has 1 atom stereocenters. The fourth-order valence-corrected chi connectivity index (χ4v) is 3.64. The van der Waals surface area contributed by atoms with Gasteiger partial charge in [-0.25, -0.2) is 4.79 Å². The molecule has 1 heterocycles. The van der Waals surface area contributed by atoms with E-state index < -0.39 is 12.0 Å². The molecule has 0 spiro atoms. The summed E-state index contributed by atoms with van der Waals surface area (Å²) in [5.74, 6) is -0.945. The van der Waals surface area contributed by atoms with E-state index in [0.717, 1.165) is 0 Å². The van der Waals surface area contributed by atoms with Gasteiger partial charge in [0, 0.05) is 23.3 Å². The van der Waals surface area contributed by atoms with E-state index in [1.165, 1.54) is 36.0 Å². The molecular formula is C21H20ClN5O4S. The van der Waals surface area contributed by atoms with Gasteiger partial charge in [-0.1, -0.05) is 23.4 Å². The van der Waals surface area contributed by atoms with Crippen LogP contribution in [0.1, 0.15) is 39.5 Å². The Morgan fingerprint density at radius 2 is 1.69 bits per heavy atom. The molecule has 3 N–H and O–H groups in total. The van der Waals surface area contributed by atoms with Crippen LogP contribution in [-0.2, 0) is 11.8 Å². The number of rotatable bonds is 8. The van der Waals surface area contributed by atoms with Crippen LogP contribution in [-0.4, -0.2) is 43.4 Å². The maximum absolute atomic E-state index is 12.4. The van der Waals surface area contributed by atoms with Crippen molar-refractivity contribution in [1.29, 1.82) is 0 Å². The predicted molar refractivity (Wildman–Crippen MR) is 121 cm³/mol. The van der Waals surface area contributed by atoms with Crippen LogP contribution in [0.3, 0.4) is 0 Å². The van der Waals surface area contributed by atoms with Gasteiger partial charge in [0.15, 0.2) is 11.0 Å². The Kier molecular flexibility index (Phi) is 7.49. The number of hydrogen-bond acceptors (Lipinski definition) is 6. The third-order valence-electron chi connectivity index (χ3n) is 4.46. The highest BCUT2D eigenvalue weighted by Crippen LogP contribution is 2.20. The summed E-state index contributed by atoms with van der Waals surface area (Å²) >= 11 is 7.04. The van der Waals surface area contributed by atoms with Crippen molar-refractivity contribution in [3.05, 3.63) is 70.5 Å². The fourth-order valence-electron chi connectivity index (χ4n) is 2.80. The monoisotopic (exact) mass is 473 g/mol. The van der Waals surface area contributed by atoms with E-state index in [0.29, 0.717) is 27.3 Å². The molecular weight excluding hydrogens is 454 g/mol. The van der Waals surface area contributed by atoms with E-state index >= 15 is 0 Å². The second-order valence-corrected chi connectivity index (χ2v) is 8.20. The lowest BCUT2D eigenvalue weighted by Crippen LogP contribution is -2.28. The van der Waals surface area contributed by atoms with Crippen LogP contribution in [0.2, 0.25) is 5.02 Å². The Balaban J connectivity index is 1.55. The number of carbonyl (C=O) groups excluding carboxylic acids is 2. The van der Waals surface area contributed by atoms with Crippen molar-refractivity contribution in [1.82, 2.24) is 20.1 Å². The molecule has 1 unspecified atom stereocenters. The lowest BCUT2D eigenvalue weighted by atomic mass is 10.2. The van der Waals surface area contributed by atoms with Crippen molar-refractivity contribution >= 4 is 46.8 Å². The minimum Gasteiger partial charge on any atom is -0.478 e. The number of carbonyl (C=O) groups is 3. The smallest absolute Gasteiger partial charge is 0.335 e. The Morgan fingerprint density at radius 1 is 1.06 bits per heavy atom. The first kappa shape index (κ1) is 23.3. The molecule has 9 nitrogen and oxygen atoms in total. The quantitative estimate of drug-likeness (QED) is 0.428. The van der Waals surface area contributed by atoms with Gasteiger partial charge in [0.1, 0.15) is 0 Å². The zero-order valence-electron chi connectivity index (χ0n) is 17.2. The summed E-state index contributed by atoms with van der Waals surface area (Å²) in [5.41, 5.74) is 1.12. The predicted octanol–water partition coefficient (Wildman–Crippen LogP) is 3.39. The van der Waals surface area contributed by atoms with Crippen LogP contribution in [0.25, 0.3) is 0 Å². The van der Waals surface area contributed by atoms with Gasteiger partial charge in [0.25, 0.3) is 5.91 Å². The molecule has 0 fully saturated rings. The molecule has 11 heteroatoms. The summed E-state index contributed by atoms with van der Waals surface area (Å²) in [7, 11) is 1.76. The summed E-state index contributed by atoms with van der Waals surface area (Å²) in [6.45, 7) is 1.79. The first-order valence-corrected chi connectivity index (χ1v) is 10.8. The van der Waals surface area contributed by atoms with Gasteiger partial charge < -0.3 is 20.3 Å². The average molecular weight is 474 g/mol. The highest BCUT2D eigenvalue weighted by molar-refractivity contribution is 7.99. The second-order valence-electron chi connectivity index (χ2n) is 6.82. The second kappa shape index (κ2) is 10.3. The number of aromatic nitrogens is 3. The first-order chi connectivity index (χ1) is 15.2. The minimum atomic E-state index is -1.03. The van der Waals surface area contributed by atoms with E-state index in [4.69, 9.17) is 16.7 Å². The summed E-state index contributed by atoms with van der Waals surface area (Å²) in [6.07, 6.45) is 0. The summed E-state index contributed by atoms with van der Waals surface area (Å²) in [5, 5.41) is 23.8. The summed E-state index contributed by atoms with van der Waals surface area (Å²) in [6, 6.07) is 12.0. The average Bonchev–Trinajstić information content (AvgIpc) is 3.13. The van der Waals surface area contributed by atoms with Crippen molar-refractivity contribution in [3.8, 4) is 0 Å². The number of amides is 2. The van der Waals surface area contributed by atoms with Crippen molar-refractivity contribution in [2.45, 2.75) is 18.1 Å². The van der Waals surface area contributed by atoms with Gasteiger partial charge in [-0.05, 0) is 55.5 Å². The van der Waals surface area contributed by atoms with Gasteiger partial charge in [0.2, 0.25) is 5.91 Å². The van der Waals surface area contributed by atoms with E-state index in [-0.39, 0.29) is 23.1 Å². The Bertz CT molecular complexity index is 1130. The number of benzene rings is 2. The number of anilines is 1. The van der Waals surface area contributed by atoms with Crippen LogP contribution < -0.4 is 10.6 Å². The topological polar surface area (TPSA) is 126 Å². The molecule has 2 amide bonds. The van der Waals surface area contributed by atoms with Crippen molar-refractivity contribution in [2.24, 2.45) is 7.05 Å². The normalized spacial score (nSPS) is 11.6. The van der Waals surface area contributed by atoms with E-state index in [9.17, 15) is 14.4 Å². The van der Waals surface area contributed by atoms with Crippen LogP contribution in [0, 0.1) is 0 Å². The van der Waals surface area contributed by atoms with E-state index in [1.807, 2.05) is 0 Å². The Morgan fingerprint density at radius 3 is 2.31 bits per heavy atom. The van der Waals surface area contributed by atoms with Gasteiger partial charge in [0.05, 0.1) is 17.4 Å². The molecule has 0 aliphatic rings. The number of carboxylic acid groups (broad SMARTS) is 1. The zero-order chi connectivity index (χ0) is 23.3. The molecule has 166 valence electrons. The number of aromatic carboxylic acids is 1. The highest BCUT2D eigenvalue weighted by atomic mass is 35.5. The first-order valence-electron chi connectivity index (χ1n) is 9.46. The lowest BCUT2D eigenvalue weighted by molar-refractivity contribution is -0.113. The maximum atomic E-state index is 12.4.